The van der Waals surface area contributed by atoms with Crippen molar-refractivity contribution >= 4 is 72.2 Å². The maximum absolute atomic E-state index is 2.61. The molecule has 0 spiro atoms. The van der Waals surface area contributed by atoms with Crippen molar-refractivity contribution in [2.75, 3.05) is 0 Å². The Morgan fingerprint density at radius 3 is 1.60 bits per heavy atom. The summed E-state index contributed by atoms with van der Waals surface area (Å²) in [7, 11) is 0. The number of hydrogen-bond acceptors (Lipinski definition) is 0. The fourth-order valence-electron chi connectivity index (χ4n) is 0.0292. The molecule has 0 bridgehead atoms. The van der Waals surface area contributed by atoms with Crippen LogP contribution in [0.2, 0.25) is 0 Å². The van der Waals surface area contributed by atoms with E-state index >= 15 is 0 Å². The van der Waals surface area contributed by atoms with Crippen molar-refractivity contribution in [1.82, 2.24) is 0 Å². The van der Waals surface area contributed by atoms with E-state index in [1.54, 1.807) is 0 Å². The van der Waals surface area contributed by atoms with Crippen LogP contribution in [-0.4, -0.2) is 9.03 Å². The van der Waals surface area contributed by atoms with Crippen molar-refractivity contribution in [1.29, 1.82) is 0 Å². The molecular weight excluding hydrogens is 437 g/mol. The molecule has 0 saturated heterocycles. The molecule has 0 aromatic rings. The molecule has 0 saturated carbocycles. The van der Waals surface area contributed by atoms with Crippen molar-refractivity contribution in [3.05, 3.63) is 0 Å². The van der Waals surface area contributed by atoms with Gasteiger partial charge in [-0.05, 0) is 0 Å². The SMILES string of the molecule is I[SiH2][IH][SiH2]I. The third-order valence-electron chi connectivity index (χ3n) is 0.154. The molecule has 0 amide bonds. The Hall–Kier alpha value is 2.62. The molecule has 0 N–H and O–H groups in total. The van der Waals surface area contributed by atoms with Gasteiger partial charge >= 0.3 is 72.2 Å². The normalized spacial score (nSPS) is 14.0. The Bertz CT molecular complexity index is 12.4. The van der Waals surface area contributed by atoms with E-state index in [4.69, 9.17) is 0 Å². The summed E-state index contributed by atoms with van der Waals surface area (Å²) in [6.07, 6.45) is 0. The summed E-state index contributed by atoms with van der Waals surface area (Å²) in [6, 6.07) is 0. The van der Waals surface area contributed by atoms with Crippen LogP contribution in [0.5, 0.6) is 0 Å². The minimum atomic E-state index is 0.568. The average Bonchev–Trinajstić information content (AvgIpc) is 1.41. The number of hydrogen-bond donors (Lipinski definition) is 0. The van der Waals surface area contributed by atoms with Gasteiger partial charge in [0.25, 0.3) is 0 Å². The van der Waals surface area contributed by atoms with Crippen LogP contribution in [0.15, 0.2) is 0 Å². The van der Waals surface area contributed by atoms with Gasteiger partial charge in [0.2, 0.25) is 0 Å². The van der Waals surface area contributed by atoms with Gasteiger partial charge in [0.05, 0.1) is 0 Å². The average molecular weight is 442 g/mol. The molecule has 5 heavy (non-hydrogen) atoms. The van der Waals surface area contributed by atoms with Crippen LogP contribution in [0.4, 0.5) is 0 Å². The Labute approximate surface area is 70.7 Å². The molecule has 0 nitrogen and oxygen atoms in total. The first-order valence-corrected chi connectivity index (χ1v) is 22.4. The van der Waals surface area contributed by atoms with Crippen molar-refractivity contribution < 1.29 is 0 Å². The van der Waals surface area contributed by atoms with Crippen LogP contribution in [0.1, 0.15) is 0 Å². The molecule has 34 valence electrons. The zero-order valence-electron chi connectivity index (χ0n) is 2.58. The van der Waals surface area contributed by atoms with E-state index in [1.165, 1.54) is 0 Å². The Balaban J connectivity index is 2.19. The van der Waals surface area contributed by atoms with Gasteiger partial charge in [0.1, 0.15) is 0 Å². The molecular formula is H5I3Si2. The molecule has 0 unspecified atom stereocenters. The van der Waals surface area contributed by atoms with Crippen molar-refractivity contribution in [3.8, 4) is 0 Å². The van der Waals surface area contributed by atoms with Gasteiger partial charge in [-0.15, -0.1) is 0 Å². The van der Waals surface area contributed by atoms with E-state index in [0.29, 0.717) is 9.03 Å². The zero-order chi connectivity index (χ0) is 4.12. The molecule has 0 heterocycles. The second-order valence-corrected chi connectivity index (χ2v) is 41.8. The molecule has 0 aliphatic heterocycles. The second-order valence-electron chi connectivity index (χ2n) is 0.422. The molecule has 0 aliphatic rings. The predicted octanol–water partition coefficient (Wildman–Crippen LogP) is 0.557. The molecule has 0 aromatic carbocycles. The van der Waals surface area contributed by atoms with Gasteiger partial charge in [0.15, 0.2) is 0 Å². The van der Waals surface area contributed by atoms with E-state index in [9.17, 15) is 0 Å². The van der Waals surface area contributed by atoms with Crippen LogP contribution in [0, 0.1) is 0 Å². The molecule has 0 rings (SSSR count). The monoisotopic (exact) mass is 442 g/mol. The molecule has 0 aliphatic carbocycles. The topological polar surface area (TPSA) is 0 Å². The first-order valence-electron chi connectivity index (χ1n) is 1.11. The van der Waals surface area contributed by atoms with Crippen LogP contribution in [-0.2, 0) is 0 Å². The van der Waals surface area contributed by atoms with Crippen LogP contribution < -0.4 is 0 Å². The summed E-state index contributed by atoms with van der Waals surface area (Å²) >= 11 is 5.97. The summed E-state index contributed by atoms with van der Waals surface area (Å²) in [6.45, 7) is 0. The summed E-state index contributed by atoms with van der Waals surface area (Å²) in [5.41, 5.74) is 0. The van der Waals surface area contributed by atoms with Gasteiger partial charge < -0.3 is 0 Å². The number of rotatable bonds is 2. The number of halogens is 3. The third-order valence-corrected chi connectivity index (χ3v) is 62.5. The molecule has 0 atom stereocenters. The summed E-state index contributed by atoms with van der Waals surface area (Å²) < 4.78 is 1.14. The van der Waals surface area contributed by atoms with E-state index in [0.717, 1.165) is 19.6 Å². The van der Waals surface area contributed by atoms with Gasteiger partial charge in [-0.1, -0.05) is 0 Å². The third kappa shape index (κ3) is 6.62. The quantitative estimate of drug-likeness (QED) is 0.334. The van der Waals surface area contributed by atoms with Gasteiger partial charge in [0, 0.05) is 0 Å². The van der Waals surface area contributed by atoms with Crippen molar-refractivity contribution in [2.45, 2.75) is 0 Å². The first kappa shape index (κ1) is 7.62. The zero-order valence-corrected chi connectivity index (χ0v) is 12.1. The maximum atomic E-state index is 2.61. The van der Waals surface area contributed by atoms with Gasteiger partial charge in [-0.3, -0.25) is 0 Å². The summed E-state index contributed by atoms with van der Waals surface area (Å²) in [4.78, 5) is 0. The molecule has 0 aromatic heterocycles. The van der Waals surface area contributed by atoms with Gasteiger partial charge in [-0.2, -0.15) is 0 Å². The van der Waals surface area contributed by atoms with E-state index in [-0.39, 0.29) is 0 Å². The van der Waals surface area contributed by atoms with Crippen molar-refractivity contribution in [2.24, 2.45) is 0 Å². The molecule has 5 heteroatoms. The summed E-state index contributed by atoms with van der Waals surface area (Å²) in [5.74, 6) is 0. The van der Waals surface area contributed by atoms with Crippen LogP contribution in [0.25, 0.3) is 0 Å². The molecule has 0 fully saturated rings. The standard InChI is InChI=1S/H5I3Si2/c1-4-3-5-2/h3H,4-5H2. The van der Waals surface area contributed by atoms with Crippen molar-refractivity contribution in [3.63, 3.8) is 0 Å². The van der Waals surface area contributed by atoms with E-state index < -0.39 is 0 Å². The van der Waals surface area contributed by atoms with Crippen LogP contribution >= 0.6 is 63.2 Å². The van der Waals surface area contributed by atoms with E-state index in [1.807, 2.05) is 0 Å². The first-order chi connectivity index (χ1) is 2.41. The van der Waals surface area contributed by atoms with Gasteiger partial charge in [-0.25, -0.2) is 0 Å². The van der Waals surface area contributed by atoms with E-state index in [2.05, 4.69) is 43.6 Å². The summed E-state index contributed by atoms with van der Waals surface area (Å²) in [5, 5.41) is 0. The second kappa shape index (κ2) is 6.62. The Morgan fingerprint density at radius 2 is 1.60 bits per heavy atom. The minimum absolute atomic E-state index is 0.568. The predicted molar refractivity (Wildman–Crippen MR) is 60.5 cm³/mol. The molecule has 0 radical (unpaired) electrons. The fourth-order valence-corrected chi connectivity index (χ4v) is 79.2. The fraction of sp³-hybridized carbons (Fsp3) is 0. The Morgan fingerprint density at radius 1 is 1.20 bits per heavy atom. The Kier molecular flexibility index (Phi) is 10.1. The van der Waals surface area contributed by atoms with Crippen LogP contribution in [0.3, 0.4) is 0 Å².